The summed E-state index contributed by atoms with van der Waals surface area (Å²) in [6.45, 7) is 6.78. The van der Waals surface area contributed by atoms with Crippen LogP contribution in [0.5, 0.6) is 0 Å². The Labute approximate surface area is 123 Å². The molecular weight excluding hydrogens is 270 g/mol. The van der Waals surface area contributed by atoms with Gasteiger partial charge in [0.1, 0.15) is 0 Å². The number of nitro benzene ring substituents is 1. The number of nitrogens with zero attached hydrogens (tertiary/aromatic N) is 2. The van der Waals surface area contributed by atoms with E-state index in [1.54, 1.807) is 18.3 Å². The van der Waals surface area contributed by atoms with Crippen molar-refractivity contribution in [3.8, 4) is 11.3 Å². The lowest BCUT2D eigenvalue weighted by atomic mass is 10.1. The summed E-state index contributed by atoms with van der Waals surface area (Å²) >= 11 is 0. The fourth-order valence-corrected chi connectivity index (χ4v) is 2.07. The standard InChI is InChI=1S/C15H19N3O3/c1-4-7-16-11(3)15-17-9-14(21-15)12-8-10(2)5-6-13(12)18(19)20/h5-6,8-9,11,16H,4,7H2,1-3H3. The second-order valence-electron chi connectivity index (χ2n) is 5.02. The van der Waals surface area contributed by atoms with Crippen molar-refractivity contribution in [3.05, 3.63) is 46.0 Å². The Morgan fingerprint density at radius 2 is 2.24 bits per heavy atom. The first kappa shape index (κ1) is 15.2. The molecule has 0 amide bonds. The molecule has 6 nitrogen and oxygen atoms in total. The van der Waals surface area contributed by atoms with Gasteiger partial charge in [-0.15, -0.1) is 0 Å². The molecule has 0 aliphatic heterocycles. The maximum absolute atomic E-state index is 11.1. The van der Waals surface area contributed by atoms with Crippen LogP contribution in [0, 0.1) is 17.0 Å². The average molecular weight is 289 g/mol. The Balaban J connectivity index is 2.33. The number of nitro groups is 1. The van der Waals surface area contributed by atoms with E-state index in [0.29, 0.717) is 17.2 Å². The van der Waals surface area contributed by atoms with Crippen LogP contribution in [0.1, 0.15) is 37.8 Å². The van der Waals surface area contributed by atoms with Crippen LogP contribution in [0.4, 0.5) is 5.69 Å². The maximum atomic E-state index is 11.1. The van der Waals surface area contributed by atoms with Crippen molar-refractivity contribution < 1.29 is 9.34 Å². The highest BCUT2D eigenvalue weighted by atomic mass is 16.6. The normalized spacial score (nSPS) is 12.3. The minimum absolute atomic E-state index is 0.0254. The van der Waals surface area contributed by atoms with Crippen molar-refractivity contribution in [2.45, 2.75) is 33.2 Å². The van der Waals surface area contributed by atoms with E-state index >= 15 is 0 Å². The van der Waals surface area contributed by atoms with Crippen molar-refractivity contribution in [2.24, 2.45) is 0 Å². The second-order valence-corrected chi connectivity index (χ2v) is 5.02. The summed E-state index contributed by atoms with van der Waals surface area (Å²) in [4.78, 5) is 14.9. The number of hydrogen-bond donors (Lipinski definition) is 1. The summed E-state index contributed by atoms with van der Waals surface area (Å²) in [6, 6.07) is 4.92. The van der Waals surface area contributed by atoms with Crippen molar-refractivity contribution in [1.82, 2.24) is 10.3 Å². The molecule has 2 aromatic rings. The number of aryl methyl sites for hydroxylation is 1. The third-order valence-corrected chi connectivity index (χ3v) is 3.21. The monoisotopic (exact) mass is 289 g/mol. The molecule has 0 radical (unpaired) electrons. The lowest BCUT2D eigenvalue weighted by Gasteiger charge is -2.08. The van der Waals surface area contributed by atoms with E-state index in [1.165, 1.54) is 6.07 Å². The highest BCUT2D eigenvalue weighted by Crippen LogP contribution is 2.32. The van der Waals surface area contributed by atoms with Crippen LogP contribution in [0.3, 0.4) is 0 Å². The van der Waals surface area contributed by atoms with Crippen molar-refractivity contribution in [3.63, 3.8) is 0 Å². The van der Waals surface area contributed by atoms with Crippen LogP contribution in [0.15, 0.2) is 28.8 Å². The first-order chi connectivity index (χ1) is 10.0. The predicted molar refractivity (Wildman–Crippen MR) is 80.0 cm³/mol. The van der Waals surface area contributed by atoms with Crippen molar-refractivity contribution in [1.29, 1.82) is 0 Å². The zero-order valence-corrected chi connectivity index (χ0v) is 12.4. The number of rotatable bonds is 6. The van der Waals surface area contributed by atoms with Gasteiger partial charge < -0.3 is 9.73 Å². The smallest absolute Gasteiger partial charge is 0.280 e. The Bertz CT molecular complexity index is 637. The van der Waals surface area contributed by atoms with Crippen molar-refractivity contribution in [2.75, 3.05) is 6.54 Å². The molecule has 1 unspecified atom stereocenters. The third kappa shape index (κ3) is 3.46. The van der Waals surface area contributed by atoms with E-state index in [4.69, 9.17) is 4.42 Å². The molecule has 21 heavy (non-hydrogen) atoms. The lowest BCUT2D eigenvalue weighted by Crippen LogP contribution is -2.19. The first-order valence-electron chi connectivity index (χ1n) is 6.97. The summed E-state index contributed by atoms with van der Waals surface area (Å²) < 4.78 is 5.70. The number of hydrogen-bond acceptors (Lipinski definition) is 5. The molecule has 0 spiro atoms. The van der Waals surface area contributed by atoms with Gasteiger partial charge in [0.05, 0.1) is 22.7 Å². The van der Waals surface area contributed by atoms with Gasteiger partial charge in [0.25, 0.3) is 5.69 Å². The van der Waals surface area contributed by atoms with Crippen LogP contribution >= 0.6 is 0 Å². The summed E-state index contributed by atoms with van der Waals surface area (Å²) in [6.07, 6.45) is 2.56. The molecule has 1 heterocycles. The molecule has 0 saturated heterocycles. The molecule has 0 aliphatic rings. The number of nitrogens with one attached hydrogen (secondary N) is 1. The maximum Gasteiger partial charge on any atom is 0.280 e. The van der Waals surface area contributed by atoms with E-state index < -0.39 is 4.92 Å². The fraction of sp³-hybridized carbons (Fsp3) is 0.400. The number of benzene rings is 1. The molecule has 6 heteroatoms. The Morgan fingerprint density at radius 3 is 2.90 bits per heavy atom. The third-order valence-electron chi connectivity index (χ3n) is 3.21. The molecule has 1 aromatic carbocycles. The molecule has 1 atom stereocenters. The number of aromatic nitrogens is 1. The van der Waals surface area contributed by atoms with E-state index in [1.807, 2.05) is 13.8 Å². The van der Waals surface area contributed by atoms with Gasteiger partial charge in [-0.3, -0.25) is 10.1 Å². The molecule has 0 saturated carbocycles. The van der Waals surface area contributed by atoms with E-state index in [9.17, 15) is 10.1 Å². The summed E-state index contributed by atoms with van der Waals surface area (Å²) in [5.74, 6) is 0.958. The summed E-state index contributed by atoms with van der Waals surface area (Å²) in [5.41, 5.74) is 1.42. The molecule has 0 bridgehead atoms. The van der Waals surface area contributed by atoms with E-state index in [2.05, 4.69) is 17.2 Å². The summed E-state index contributed by atoms with van der Waals surface area (Å²) in [5, 5.41) is 14.4. The number of oxazole rings is 1. The SMILES string of the molecule is CCCNC(C)c1ncc(-c2cc(C)ccc2[N+](=O)[O-])o1. The van der Waals surface area contributed by atoms with Crippen molar-refractivity contribution >= 4 is 5.69 Å². The van der Waals surface area contributed by atoms with Gasteiger partial charge in [0.15, 0.2) is 5.76 Å². The quantitative estimate of drug-likeness (QED) is 0.648. The van der Waals surface area contributed by atoms with Crippen LogP contribution in [-0.2, 0) is 0 Å². The Morgan fingerprint density at radius 1 is 1.48 bits per heavy atom. The van der Waals surface area contributed by atoms with Crippen LogP contribution < -0.4 is 5.32 Å². The van der Waals surface area contributed by atoms with Crippen LogP contribution in [-0.4, -0.2) is 16.5 Å². The van der Waals surface area contributed by atoms with Gasteiger partial charge in [-0.05, 0) is 38.4 Å². The van der Waals surface area contributed by atoms with Crippen LogP contribution in [0.25, 0.3) is 11.3 Å². The minimum Gasteiger partial charge on any atom is -0.439 e. The van der Waals surface area contributed by atoms with Gasteiger partial charge in [0.2, 0.25) is 5.89 Å². The topological polar surface area (TPSA) is 81.2 Å². The molecule has 1 N–H and O–H groups in total. The predicted octanol–water partition coefficient (Wildman–Crippen LogP) is 3.62. The van der Waals surface area contributed by atoms with E-state index in [0.717, 1.165) is 18.5 Å². The van der Waals surface area contributed by atoms with Gasteiger partial charge in [-0.1, -0.05) is 13.0 Å². The van der Waals surface area contributed by atoms with Gasteiger partial charge >= 0.3 is 0 Å². The second kappa shape index (κ2) is 6.49. The fourth-order valence-electron chi connectivity index (χ4n) is 2.07. The lowest BCUT2D eigenvalue weighted by molar-refractivity contribution is -0.384. The highest BCUT2D eigenvalue weighted by molar-refractivity contribution is 5.69. The Kier molecular flexibility index (Phi) is 4.70. The molecule has 1 aromatic heterocycles. The molecule has 0 fully saturated rings. The molecule has 112 valence electrons. The van der Waals surface area contributed by atoms with Gasteiger partial charge in [-0.2, -0.15) is 0 Å². The van der Waals surface area contributed by atoms with Gasteiger partial charge in [0, 0.05) is 6.07 Å². The molecular formula is C15H19N3O3. The largest absolute Gasteiger partial charge is 0.439 e. The van der Waals surface area contributed by atoms with Crippen LogP contribution in [0.2, 0.25) is 0 Å². The zero-order valence-electron chi connectivity index (χ0n) is 12.4. The zero-order chi connectivity index (χ0) is 15.4. The van der Waals surface area contributed by atoms with Gasteiger partial charge in [-0.25, -0.2) is 4.98 Å². The Hall–Kier alpha value is -2.21. The molecule has 0 aliphatic carbocycles. The molecule has 2 rings (SSSR count). The highest BCUT2D eigenvalue weighted by Gasteiger charge is 2.20. The summed E-state index contributed by atoms with van der Waals surface area (Å²) in [7, 11) is 0. The van der Waals surface area contributed by atoms with E-state index in [-0.39, 0.29) is 11.7 Å². The first-order valence-corrected chi connectivity index (χ1v) is 6.97. The average Bonchev–Trinajstić information content (AvgIpc) is 2.94. The minimum atomic E-state index is -0.407.